The Kier molecular flexibility index (Phi) is 5.54. The first kappa shape index (κ1) is 18.7. The van der Waals surface area contributed by atoms with Gasteiger partial charge in [-0.3, -0.25) is 14.3 Å². The van der Waals surface area contributed by atoms with E-state index in [1.54, 1.807) is 17.1 Å². The number of aromatic nitrogens is 2. The summed E-state index contributed by atoms with van der Waals surface area (Å²) >= 11 is 5.81. The molecule has 1 aromatic heterocycles. The maximum atomic E-state index is 13.4. The van der Waals surface area contributed by atoms with Crippen molar-refractivity contribution in [2.75, 3.05) is 6.54 Å². The molecule has 140 valence electrons. The molecule has 0 unspecified atom stereocenters. The van der Waals surface area contributed by atoms with Gasteiger partial charge in [-0.1, -0.05) is 23.7 Å². The fourth-order valence-corrected chi connectivity index (χ4v) is 2.86. The van der Waals surface area contributed by atoms with Gasteiger partial charge in [-0.25, -0.2) is 4.79 Å². The van der Waals surface area contributed by atoms with Crippen molar-refractivity contribution in [2.45, 2.75) is 31.1 Å². The van der Waals surface area contributed by atoms with Gasteiger partial charge in [0.05, 0.1) is 6.20 Å². The Morgan fingerprint density at radius 1 is 1.23 bits per heavy atom. The van der Waals surface area contributed by atoms with Gasteiger partial charge in [0, 0.05) is 18.1 Å². The molecule has 10 heteroatoms. The van der Waals surface area contributed by atoms with Gasteiger partial charge in [0.2, 0.25) is 5.82 Å². The Labute approximate surface area is 151 Å². The minimum atomic E-state index is -1.46. The molecule has 1 saturated heterocycles. The minimum absolute atomic E-state index is 0.179. The molecule has 4 N–H and O–H groups in total. The zero-order valence-corrected chi connectivity index (χ0v) is 14.2. The summed E-state index contributed by atoms with van der Waals surface area (Å²) in [4.78, 5) is 24.7. The Hall–Kier alpha value is -2.04. The predicted molar refractivity (Wildman–Crippen MR) is 90.4 cm³/mol. The van der Waals surface area contributed by atoms with Crippen LogP contribution in [0.4, 0.5) is 4.39 Å². The molecular formula is C16H17ClFN3O5. The number of nitrogens with one attached hydrogen (secondary N) is 2. The van der Waals surface area contributed by atoms with Crippen molar-refractivity contribution >= 4 is 11.6 Å². The molecule has 0 spiro atoms. The Morgan fingerprint density at radius 3 is 2.62 bits per heavy atom. The van der Waals surface area contributed by atoms with Gasteiger partial charge in [0.25, 0.3) is 5.56 Å². The van der Waals surface area contributed by atoms with Crippen molar-refractivity contribution in [3.63, 3.8) is 0 Å². The topological polar surface area (TPSA) is 117 Å². The van der Waals surface area contributed by atoms with Crippen LogP contribution in [-0.2, 0) is 11.3 Å². The Balaban J connectivity index is 1.66. The first-order valence-electron chi connectivity index (χ1n) is 7.84. The van der Waals surface area contributed by atoms with E-state index in [9.17, 15) is 24.2 Å². The predicted octanol–water partition coefficient (Wildman–Crippen LogP) is -0.262. The molecule has 8 nitrogen and oxygen atoms in total. The summed E-state index contributed by atoms with van der Waals surface area (Å²) in [7, 11) is 0. The van der Waals surface area contributed by atoms with Crippen LogP contribution in [0, 0.1) is 5.82 Å². The molecule has 1 aliphatic heterocycles. The quantitative estimate of drug-likeness (QED) is 0.563. The van der Waals surface area contributed by atoms with Crippen LogP contribution in [0.15, 0.2) is 40.1 Å². The third-order valence-corrected chi connectivity index (χ3v) is 4.38. The average molecular weight is 386 g/mol. The van der Waals surface area contributed by atoms with E-state index in [0.29, 0.717) is 22.3 Å². The molecule has 0 aliphatic carbocycles. The first-order chi connectivity index (χ1) is 12.4. The van der Waals surface area contributed by atoms with Gasteiger partial charge in [0.1, 0.15) is 18.3 Å². The van der Waals surface area contributed by atoms with Gasteiger partial charge in [-0.15, -0.1) is 0 Å². The summed E-state index contributed by atoms with van der Waals surface area (Å²) in [6.45, 7) is 0.648. The number of hydrogen-bond acceptors (Lipinski definition) is 6. The van der Waals surface area contributed by atoms with E-state index in [4.69, 9.17) is 16.3 Å². The summed E-state index contributed by atoms with van der Waals surface area (Å²) in [5.74, 6) is -1.20. The maximum Gasteiger partial charge on any atom is 0.330 e. The van der Waals surface area contributed by atoms with Crippen molar-refractivity contribution < 1.29 is 19.3 Å². The van der Waals surface area contributed by atoms with Crippen molar-refractivity contribution in [3.8, 4) is 0 Å². The lowest BCUT2D eigenvalue weighted by atomic mass is 10.1. The third-order valence-electron chi connectivity index (χ3n) is 4.12. The summed E-state index contributed by atoms with van der Waals surface area (Å²) < 4.78 is 19.6. The molecule has 0 bridgehead atoms. The maximum absolute atomic E-state index is 13.4. The number of benzene rings is 1. The van der Waals surface area contributed by atoms with E-state index >= 15 is 0 Å². The second-order valence-electron chi connectivity index (χ2n) is 5.95. The van der Waals surface area contributed by atoms with Crippen LogP contribution in [0.25, 0.3) is 0 Å². The highest BCUT2D eigenvalue weighted by molar-refractivity contribution is 6.30. The number of aliphatic hydroxyl groups is 2. The standard InChI is InChI=1S/C16H17ClFN3O5/c17-9-3-1-8(2-4-9)5-19-6-11-12(22)13(23)15(26-11)21-7-10(18)14(24)20-16(21)25/h1-4,7,11-13,15,19,22-23H,5-6H2,(H,20,24,25)/t11-,12-,13-,15-/m1/s1. The van der Waals surface area contributed by atoms with Crippen LogP contribution in [0.3, 0.4) is 0 Å². The highest BCUT2D eigenvalue weighted by atomic mass is 35.5. The van der Waals surface area contributed by atoms with Crippen LogP contribution in [0.5, 0.6) is 0 Å². The molecule has 3 rings (SSSR count). The zero-order valence-electron chi connectivity index (χ0n) is 13.4. The number of halogens is 2. The molecule has 0 amide bonds. The van der Waals surface area contributed by atoms with Gasteiger partial charge in [-0.05, 0) is 17.7 Å². The van der Waals surface area contributed by atoms with Gasteiger partial charge in [-0.2, -0.15) is 4.39 Å². The summed E-state index contributed by atoms with van der Waals surface area (Å²) in [6.07, 6.45) is -4.25. The lowest BCUT2D eigenvalue weighted by Gasteiger charge is -2.17. The van der Waals surface area contributed by atoms with Crippen molar-refractivity contribution in [1.29, 1.82) is 0 Å². The highest BCUT2D eigenvalue weighted by Gasteiger charge is 2.43. The van der Waals surface area contributed by atoms with Crippen LogP contribution in [0.1, 0.15) is 11.8 Å². The van der Waals surface area contributed by atoms with Crippen LogP contribution >= 0.6 is 11.6 Å². The molecule has 0 radical (unpaired) electrons. The molecule has 26 heavy (non-hydrogen) atoms. The Morgan fingerprint density at radius 2 is 1.92 bits per heavy atom. The number of hydrogen-bond donors (Lipinski definition) is 4. The van der Waals surface area contributed by atoms with Gasteiger partial charge >= 0.3 is 5.69 Å². The number of aliphatic hydroxyl groups excluding tert-OH is 2. The number of H-pyrrole nitrogens is 1. The number of aromatic amines is 1. The molecule has 2 aromatic rings. The van der Waals surface area contributed by atoms with E-state index < -0.39 is 41.6 Å². The van der Waals surface area contributed by atoms with Crippen LogP contribution in [0.2, 0.25) is 5.02 Å². The fourth-order valence-electron chi connectivity index (χ4n) is 2.74. The average Bonchev–Trinajstić information content (AvgIpc) is 2.88. The lowest BCUT2D eigenvalue weighted by molar-refractivity contribution is -0.0397. The fraction of sp³-hybridized carbons (Fsp3) is 0.375. The number of rotatable bonds is 5. The SMILES string of the molecule is O=c1[nH]c(=O)n([C@@H]2O[C@H](CNCc3ccc(Cl)cc3)[C@@H](O)[C@H]2O)cc1F. The van der Waals surface area contributed by atoms with E-state index in [1.807, 2.05) is 12.1 Å². The molecule has 1 aliphatic rings. The molecule has 4 atom stereocenters. The summed E-state index contributed by atoms with van der Waals surface area (Å²) in [6, 6.07) is 7.16. The molecular weight excluding hydrogens is 369 g/mol. The van der Waals surface area contributed by atoms with Crippen molar-refractivity contribution in [1.82, 2.24) is 14.9 Å². The van der Waals surface area contributed by atoms with Crippen molar-refractivity contribution in [3.05, 3.63) is 67.7 Å². The number of ether oxygens (including phenoxy) is 1. The normalized spacial score (nSPS) is 25.5. The lowest BCUT2D eigenvalue weighted by Crippen LogP contribution is -2.39. The summed E-state index contributed by atoms with van der Waals surface area (Å²) in [5.41, 5.74) is -1.15. The number of nitrogens with zero attached hydrogens (tertiary/aromatic N) is 1. The monoisotopic (exact) mass is 385 g/mol. The smallest absolute Gasteiger partial charge is 0.330 e. The van der Waals surface area contributed by atoms with E-state index in [-0.39, 0.29) is 6.54 Å². The van der Waals surface area contributed by atoms with Crippen LogP contribution in [-0.4, -0.2) is 44.6 Å². The zero-order chi connectivity index (χ0) is 18.8. The third kappa shape index (κ3) is 3.87. The van der Waals surface area contributed by atoms with E-state index in [2.05, 4.69) is 5.32 Å². The molecule has 1 aromatic carbocycles. The van der Waals surface area contributed by atoms with Gasteiger partial charge < -0.3 is 20.3 Å². The first-order valence-corrected chi connectivity index (χ1v) is 8.22. The molecule has 2 heterocycles. The van der Waals surface area contributed by atoms with E-state index in [0.717, 1.165) is 5.56 Å². The largest absolute Gasteiger partial charge is 0.387 e. The summed E-state index contributed by atoms with van der Waals surface area (Å²) in [5, 5.41) is 23.9. The minimum Gasteiger partial charge on any atom is -0.387 e. The Bertz CT molecular complexity index is 885. The molecule has 1 fully saturated rings. The second kappa shape index (κ2) is 7.68. The van der Waals surface area contributed by atoms with Crippen LogP contribution < -0.4 is 16.6 Å². The molecule has 0 saturated carbocycles. The highest BCUT2D eigenvalue weighted by Crippen LogP contribution is 2.28. The van der Waals surface area contributed by atoms with E-state index in [1.165, 1.54) is 0 Å². The van der Waals surface area contributed by atoms with Gasteiger partial charge in [0.15, 0.2) is 6.23 Å². The van der Waals surface area contributed by atoms with Crippen molar-refractivity contribution in [2.24, 2.45) is 0 Å². The second-order valence-corrected chi connectivity index (χ2v) is 6.38.